The third-order valence-electron chi connectivity index (χ3n) is 9.76. The van der Waals surface area contributed by atoms with Crippen molar-refractivity contribution in [3.05, 3.63) is 109 Å². The van der Waals surface area contributed by atoms with Crippen LogP contribution in [0, 0.1) is 11.8 Å². The van der Waals surface area contributed by atoms with Crippen LogP contribution in [0.4, 0.5) is 0 Å². The molecule has 6 rings (SSSR count). The second kappa shape index (κ2) is 17.3. The number of carbonyl (C=O) groups excluding carboxylic acids is 2. The summed E-state index contributed by atoms with van der Waals surface area (Å²) >= 11 is 14.3. The van der Waals surface area contributed by atoms with Crippen molar-refractivity contribution in [3.63, 3.8) is 0 Å². The maximum atomic E-state index is 13.6. The number of esters is 1. The second-order valence-electron chi connectivity index (χ2n) is 13.6. The Morgan fingerprint density at radius 3 is 2.33 bits per heavy atom. The molecule has 4 aromatic rings. The normalized spacial score (nSPS) is 16.3. The van der Waals surface area contributed by atoms with Crippen LogP contribution in [-0.2, 0) is 22.5 Å². The van der Waals surface area contributed by atoms with E-state index < -0.39 is 17.9 Å². The van der Waals surface area contributed by atoms with Crippen LogP contribution in [0.3, 0.4) is 0 Å². The van der Waals surface area contributed by atoms with E-state index in [9.17, 15) is 19.9 Å². The minimum atomic E-state index is -1.33. The van der Waals surface area contributed by atoms with Gasteiger partial charge in [-0.05, 0) is 99.0 Å². The van der Waals surface area contributed by atoms with Crippen molar-refractivity contribution in [2.24, 2.45) is 11.8 Å². The molecule has 2 fully saturated rings. The Hall–Kier alpha value is -3.87. The lowest BCUT2D eigenvalue weighted by Gasteiger charge is -2.29. The van der Waals surface area contributed by atoms with E-state index in [0.29, 0.717) is 52.6 Å². The number of pyridine rings is 1. The van der Waals surface area contributed by atoms with Crippen LogP contribution < -0.4 is 24.6 Å². The van der Waals surface area contributed by atoms with Crippen LogP contribution in [0.5, 0.6) is 11.5 Å². The molecule has 1 aliphatic heterocycles. The Bertz CT molecular complexity index is 1840. The molecule has 1 aliphatic carbocycles. The molecule has 2 aromatic heterocycles. The van der Waals surface area contributed by atoms with Gasteiger partial charge in [0.1, 0.15) is 16.1 Å². The molecule has 0 amide bonds. The van der Waals surface area contributed by atoms with E-state index in [0.717, 1.165) is 66.0 Å². The van der Waals surface area contributed by atoms with E-state index in [1.54, 1.807) is 13.2 Å². The summed E-state index contributed by atoms with van der Waals surface area (Å²) in [5.41, 5.74) is 2.52. The molecular weight excluding hydrogens is 725 g/mol. The number of ether oxygens (including phenoxy) is 3. The minimum absolute atomic E-state index is 0.0413. The van der Waals surface area contributed by atoms with Crippen molar-refractivity contribution in [1.82, 2.24) is 10.2 Å². The Labute approximate surface area is 317 Å². The summed E-state index contributed by atoms with van der Waals surface area (Å²) in [6, 6.07) is 15.9. The molecule has 2 unspecified atom stereocenters. The number of hydrogen-bond acceptors (Lipinski definition) is 10. The van der Waals surface area contributed by atoms with Crippen LogP contribution in [0.1, 0.15) is 74.4 Å². The number of piperidine rings is 1. The number of aromatic nitrogens is 1. The van der Waals surface area contributed by atoms with Crippen LogP contribution in [-0.4, -0.2) is 62.5 Å². The Balaban J connectivity index is 1.30. The first-order chi connectivity index (χ1) is 25.1. The van der Waals surface area contributed by atoms with Gasteiger partial charge in [-0.25, -0.2) is 4.79 Å². The number of carbonyl (C=O) groups is 2. The van der Waals surface area contributed by atoms with E-state index in [2.05, 4.69) is 17.3 Å². The third kappa shape index (κ3) is 9.56. The van der Waals surface area contributed by atoms with E-state index >= 15 is 0 Å². The Morgan fingerprint density at radius 1 is 0.981 bits per heavy atom. The molecule has 1 saturated heterocycles. The average Bonchev–Trinajstić information content (AvgIpc) is 3.87. The van der Waals surface area contributed by atoms with Gasteiger partial charge < -0.3 is 29.0 Å². The fourth-order valence-corrected chi connectivity index (χ4v) is 8.13. The average molecular weight is 769 g/mol. The summed E-state index contributed by atoms with van der Waals surface area (Å²) in [6.45, 7) is 3.04. The van der Waals surface area contributed by atoms with Crippen LogP contribution in [0.25, 0.3) is 0 Å². The van der Waals surface area contributed by atoms with E-state index in [1.807, 2.05) is 48.5 Å². The number of rotatable bonds is 16. The van der Waals surface area contributed by atoms with Crippen LogP contribution in [0.15, 0.2) is 67.0 Å². The topological polar surface area (TPSA) is 124 Å². The van der Waals surface area contributed by atoms with Crippen molar-refractivity contribution in [1.29, 1.82) is 0 Å². The van der Waals surface area contributed by atoms with Gasteiger partial charge in [-0.1, -0.05) is 59.6 Å². The first-order valence-corrected chi connectivity index (χ1v) is 19.0. The molecule has 2 N–H and O–H groups in total. The number of aromatic carboxylic acids is 1. The van der Waals surface area contributed by atoms with Crippen molar-refractivity contribution >= 4 is 46.5 Å². The highest BCUT2D eigenvalue weighted by molar-refractivity contribution is 7.14. The maximum Gasteiger partial charge on any atom is 0.327 e. The first-order valence-electron chi connectivity index (χ1n) is 17.5. The fraction of sp³-hybridized carbons (Fsp3) is 0.410. The molecule has 2 atom stereocenters. The number of nitrogens with zero attached hydrogens (tertiary/aromatic N) is 2. The van der Waals surface area contributed by atoms with Gasteiger partial charge in [0.15, 0.2) is 11.5 Å². The molecule has 10 nitrogen and oxygen atoms in total. The summed E-state index contributed by atoms with van der Waals surface area (Å²) in [7, 11) is 3.67. The standard InChI is InChI=1S/C39H43Cl2N3O7S/c1-43-14-12-25(13-15-43)23-51-39(47)36(26-6-4-3-5-7-26)42-19-28-17-30(37(52-28)38(45)46)29(18-31-32(40)20-44(48)21-33(31)41)27-10-11-34(49-2)35(16-27)50-22-24-8-9-24/h3-7,10-11,16-17,20-21,24-25,29,36,42H,8-9,12-15,18-19,22-23H2,1-2H3,(H-,45,46,48). The molecule has 2 aromatic carbocycles. The minimum Gasteiger partial charge on any atom is -0.544 e. The van der Waals surface area contributed by atoms with Crippen LogP contribution >= 0.6 is 34.5 Å². The van der Waals surface area contributed by atoms with Crippen LogP contribution in [0.2, 0.25) is 10.0 Å². The quantitative estimate of drug-likeness (QED) is 0.0824. The zero-order valence-corrected chi connectivity index (χ0v) is 31.5. The predicted molar refractivity (Wildman–Crippen MR) is 196 cm³/mol. The molecule has 1 saturated carbocycles. The van der Waals surface area contributed by atoms with E-state index in [-0.39, 0.29) is 33.9 Å². The molecular formula is C39H43Cl2N3O7S. The number of thiophene rings is 1. The first kappa shape index (κ1) is 37.9. The highest BCUT2D eigenvalue weighted by Crippen LogP contribution is 2.41. The van der Waals surface area contributed by atoms with E-state index in [1.165, 1.54) is 12.4 Å². The van der Waals surface area contributed by atoms with Gasteiger partial charge in [-0.2, -0.15) is 0 Å². The molecule has 52 heavy (non-hydrogen) atoms. The highest BCUT2D eigenvalue weighted by atomic mass is 35.5. The summed E-state index contributed by atoms with van der Waals surface area (Å²) in [5, 5.41) is 26.6. The predicted octanol–water partition coefficient (Wildman–Crippen LogP) is 5.83. The van der Waals surface area contributed by atoms with Crippen molar-refractivity contribution in [3.8, 4) is 11.5 Å². The van der Waals surface area contributed by atoms with Crippen molar-refractivity contribution in [2.75, 3.05) is 40.5 Å². The van der Waals surface area contributed by atoms with Gasteiger partial charge >= 0.3 is 5.97 Å². The lowest BCUT2D eigenvalue weighted by Crippen LogP contribution is -2.34. The third-order valence-corrected chi connectivity index (χ3v) is 11.5. The van der Waals surface area contributed by atoms with E-state index in [4.69, 9.17) is 37.4 Å². The molecule has 276 valence electrons. The number of halogens is 2. The van der Waals surface area contributed by atoms with Gasteiger partial charge in [-0.15, -0.1) is 11.3 Å². The lowest BCUT2D eigenvalue weighted by molar-refractivity contribution is -0.904. The number of carboxylic acid groups (broad SMARTS) is 1. The molecule has 0 bridgehead atoms. The van der Waals surface area contributed by atoms with Gasteiger partial charge in [0.25, 0.3) is 0 Å². The number of methoxy groups -OCH3 is 1. The summed E-state index contributed by atoms with van der Waals surface area (Å²) in [5.74, 6) is -0.361. The molecule has 2 aliphatic rings. The zero-order chi connectivity index (χ0) is 36.8. The van der Waals surface area contributed by atoms with Crippen molar-refractivity contribution in [2.45, 2.75) is 50.6 Å². The number of likely N-dealkylation sites (tertiary alicyclic amines) is 1. The van der Waals surface area contributed by atoms with Gasteiger partial charge in [-0.3, -0.25) is 10.5 Å². The maximum absolute atomic E-state index is 13.6. The lowest BCUT2D eigenvalue weighted by atomic mass is 9.85. The highest BCUT2D eigenvalue weighted by Gasteiger charge is 2.29. The Kier molecular flexibility index (Phi) is 12.6. The number of hydrogen-bond donors (Lipinski definition) is 2. The molecule has 0 spiro atoms. The SMILES string of the molecule is COc1ccc(C(Cc2c(Cl)c[n+](O)cc2Cl)c2cc(CNC(C(=O)OCC3CCN(C)CC3)c3ccccc3)sc2C(=O)[O-])cc1OCC1CC1. The molecule has 3 heterocycles. The fourth-order valence-electron chi connectivity index (χ4n) is 6.52. The summed E-state index contributed by atoms with van der Waals surface area (Å²) in [6.07, 6.45) is 7.03. The Morgan fingerprint density at radius 2 is 1.67 bits per heavy atom. The number of nitrogens with one attached hydrogen (secondary N) is 1. The molecule has 13 heteroatoms. The smallest absolute Gasteiger partial charge is 0.327 e. The largest absolute Gasteiger partial charge is 0.544 e. The second-order valence-corrected chi connectivity index (χ2v) is 15.6. The molecule has 0 radical (unpaired) electrons. The number of benzene rings is 2. The summed E-state index contributed by atoms with van der Waals surface area (Å²) < 4.78 is 18.4. The monoisotopic (exact) mass is 767 g/mol. The van der Waals surface area contributed by atoms with Gasteiger partial charge in [0, 0.05) is 27.6 Å². The number of carboxylic acids is 1. The van der Waals surface area contributed by atoms with Gasteiger partial charge in [0.2, 0.25) is 12.4 Å². The summed E-state index contributed by atoms with van der Waals surface area (Å²) in [4.78, 5) is 29.3. The van der Waals surface area contributed by atoms with Gasteiger partial charge in [0.05, 0.1) is 31.2 Å². The zero-order valence-electron chi connectivity index (χ0n) is 29.2. The van der Waals surface area contributed by atoms with Crippen molar-refractivity contribution < 1.29 is 38.8 Å².